The maximum Gasteiger partial charge on any atom is 0.257 e. The van der Waals surface area contributed by atoms with Crippen molar-refractivity contribution < 1.29 is 9.59 Å². The smallest absolute Gasteiger partial charge is 0.257 e. The number of benzene rings is 4. The molecule has 0 atom stereocenters. The summed E-state index contributed by atoms with van der Waals surface area (Å²) in [5, 5.41) is 3.14. The topological polar surface area (TPSA) is 70.2 Å². The summed E-state index contributed by atoms with van der Waals surface area (Å²) >= 11 is 5.85. The molecule has 174 valence electrons. The van der Waals surface area contributed by atoms with Gasteiger partial charge < -0.3 is 5.32 Å². The first-order valence-electron chi connectivity index (χ1n) is 11.1. The van der Waals surface area contributed by atoms with E-state index in [4.69, 9.17) is 11.6 Å². The Morgan fingerprint density at radius 1 is 0.657 bits per heavy atom. The van der Waals surface area contributed by atoms with E-state index in [1.54, 1.807) is 24.3 Å². The van der Waals surface area contributed by atoms with Gasteiger partial charge in [0.25, 0.3) is 11.8 Å². The molecule has 0 fully saturated rings. The fourth-order valence-electron chi connectivity index (χ4n) is 3.43. The largest absolute Gasteiger partial charge is 0.343 e. The molecule has 0 saturated heterocycles. The molecule has 0 saturated carbocycles. The lowest BCUT2D eigenvalue weighted by molar-refractivity contribution is -0.120. The zero-order valence-electron chi connectivity index (χ0n) is 18.9. The number of rotatable bonds is 8. The van der Waals surface area contributed by atoms with Crippen LogP contribution in [0.25, 0.3) is 22.9 Å². The maximum absolute atomic E-state index is 12.4. The van der Waals surface area contributed by atoms with Gasteiger partial charge in [-0.05, 0) is 52.6 Å². The van der Waals surface area contributed by atoms with Crippen LogP contribution in [0.4, 0.5) is 0 Å². The minimum Gasteiger partial charge on any atom is -0.343 e. The van der Waals surface area contributed by atoms with Crippen LogP contribution in [-0.2, 0) is 4.79 Å². The summed E-state index contributed by atoms with van der Waals surface area (Å²) < 4.78 is 0. The van der Waals surface area contributed by atoms with Crippen LogP contribution >= 0.6 is 11.6 Å². The first-order valence-corrected chi connectivity index (χ1v) is 11.5. The highest BCUT2D eigenvalue weighted by molar-refractivity contribution is 6.30. The van der Waals surface area contributed by atoms with Gasteiger partial charge >= 0.3 is 0 Å². The minimum atomic E-state index is -0.382. The molecule has 0 spiro atoms. The summed E-state index contributed by atoms with van der Waals surface area (Å²) in [6, 6.07) is 34.5. The molecule has 4 aromatic rings. The highest BCUT2D eigenvalue weighted by Gasteiger charge is 2.09. The second-order valence-corrected chi connectivity index (χ2v) is 8.21. The van der Waals surface area contributed by atoms with Crippen LogP contribution in [0.3, 0.4) is 0 Å². The number of amides is 2. The fourth-order valence-corrected chi connectivity index (χ4v) is 3.55. The van der Waals surface area contributed by atoms with E-state index in [1.165, 1.54) is 0 Å². The maximum atomic E-state index is 12.4. The second kappa shape index (κ2) is 11.7. The van der Waals surface area contributed by atoms with Crippen LogP contribution in [0.5, 0.6) is 0 Å². The van der Waals surface area contributed by atoms with E-state index in [-0.39, 0.29) is 18.4 Å². The average molecular weight is 482 g/mol. The van der Waals surface area contributed by atoms with E-state index in [9.17, 15) is 9.59 Å². The SMILES string of the molecule is O=C(CNC(=O)c1ccc(Cl)cc1)NNC(=Cc1ccccc1)c1ccc(-c2ccccc2)cc1. The molecule has 0 heterocycles. The van der Waals surface area contributed by atoms with Gasteiger partial charge in [-0.1, -0.05) is 96.5 Å². The third kappa shape index (κ3) is 6.82. The van der Waals surface area contributed by atoms with E-state index in [0.717, 1.165) is 22.3 Å². The predicted octanol–water partition coefficient (Wildman–Crippen LogP) is 5.56. The van der Waals surface area contributed by atoms with Crippen molar-refractivity contribution in [3.63, 3.8) is 0 Å². The predicted molar refractivity (Wildman–Crippen MR) is 141 cm³/mol. The molecule has 0 aromatic heterocycles. The lowest BCUT2D eigenvalue weighted by atomic mass is 10.0. The van der Waals surface area contributed by atoms with Gasteiger partial charge in [-0.3, -0.25) is 20.4 Å². The summed E-state index contributed by atoms with van der Waals surface area (Å²) in [7, 11) is 0. The third-order valence-electron chi connectivity index (χ3n) is 5.27. The van der Waals surface area contributed by atoms with Crippen LogP contribution in [0.2, 0.25) is 5.02 Å². The summed E-state index contributed by atoms with van der Waals surface area (Å²) in [5.74, 6) is -0.736. The van der Waals surface area contributed by atoms with Crippen LogP contribution < -0.4 is 16.2 Å². The normalized spacial score (nSPS) is 10.9. The summed E-state index contributed by atoms with van der Waals surface area (Å²) in [6.45, 7) is -0.181. The van der Waals surface area contributed by atoms with Gasteiger partial charge in [0.05, 0.1) is 12.2 Å². The zero-order chi connectivity index (χ0) is 24.5. The van der Waals surface area contributed by atoms with Crippen molar-refractivity contribution in [3.8, 4) is 11.1 Å². The Kier molecular flexibility index (Phi) is 7.94. The summed E-state index contributed by atoms with van der Waals surface area (Å²) in [6.07, 6.45) is 1.95. The fraction of sp³-hybridized carbons (Fsp3) is 0.0345. The molecule has 0 unspecified atom stereocenters. The molecule has 0 aliphatic carbocycles. The van der Waals surface area contributed by atoms with E-state index in [0.29, 0.717) is 16.3 Å². The minimum absolute atomic E-state index is 0.181. The molecular formula is C29H24ClN3O2. The molecule has 0 radical (unpaired) electrons. The molecule has 2 amide bonds. The Balaban J connectivity index is 1.43. The second-order valence-electron chi connectivity index (χ2n) is 7.77. The number of hydrogen-bond donors (Lipinski definition) is 3. The molecule has 3 N–H and O–H groups in total. The monoisotopic (exact) mass is 481 g/mol. The third-order valence-corrected chi connectivity index (χ3v) is 5.52. The highest BCUT2D eigenvalue weighted by atomic mass is 35.5. The van der Waals surface area contributed by atoms with Crippen molar-refractivity contribution in [1.29, 1.82) is 0 Å². The molecular weight excluding hydrogens is 458 g/mol. The van der Waals surface area contributed by atoms with E-state index in [1.807, 2.05) is 78.9 Å². The molecule has 6 heteroatoms. The van der Waals surface area contributed by atoms with Crippen molar-refractivity contribution in [2.24, 2.45) is 0 Å². The van der Waals surface area contributed by atoms with Gasteiger partial charge in [0, 0.05) is 10.6 Å². The Morgan fingerprint density at radius 2 is 1.23 bits per heavy atom. The van der Waals surface area contributed by atoms with Crippen molar-refractivity contribution >= 4 is 35.2 Å². The highest BCUT2D eigenvalue weighted by Crippen LogP contribution is 2.22. The quantitative estimate of drug-likeness (QED) is 0.228. The van der Waals surface area contributed by atoms with Crippen LogP contribution in [-0.4, -0.2) is 18.4 Å². The van der Waals surface area contributed by atoms with Gasteiger partial charge in [0.2, 0.25) is 0 Å². The molecule has 35 heavy (non-hydrogen) atoms. The zero-order valence-corrected chi connectivity index (χ0v) is 19.6. The number of carbonyl (C=O) groups excluding carboxylic acids is 2. The number of hydrogen-bond acceptors (Lipinski definition) is 3. The van der Waals surface area contributed by atoms with Gasteiger partial charge in [-0.2, -0.15) is 0 Å². The average Bonchev–Trinajstić information content (AvgIpc) is 2.91. The van der Waals surface area contributed by atoms with E-state index >= 15 is 0 Å². The molecule has 4 aromatic carbocycles. The molecule has 0 aliphatic rings. The van der Waals surface area contributed by atoms with Crippen LogP contribution in [0.15, 0.2) is 109 Å². The number of nitrogens with one attached hydrogen (secondary N) is 3. The first kappa shape index (κ1) is 23.8. The number of carbonyl (C=O) groups is 2. The summed E-state index contributed by atoms with van der Waals surface area (Å²) in [4.78, 5) is 24.7. The van der Waals surface area contributed by atoms with Gasteiger partial charge in [0.1, 0.15) is 0 Å². The summed E-state index contributed by atoms with van der Waals surface area (Å²) in [5.41, 5.74) is 10.9. The van der Waals surface area contributed by atoms with Crippen molar-refractivity contribution in [2.75, 3.05) is 6.54 Å². The van der Waals surface area contributed by atoms with Crippen LogP contribution in [0, 0.1) is 0 Å². The lowest BCUT2D eigenvalue weighted by Gasteiger charge is -2.14. The Hall–Kier alpha value is -4.35. The van der Waals surface area contributed by atoms with E-state index in [2.05, 4.69) is 28.3 Å². The van der Waals surface area contributed by atoms with Crippen LogP contribution in [0.1, 0.15) is 21.5 Å². The van der Waals surface area contributed by atoms with E-state index < -0.39 is 0 Å². The number of hydrazine groups is 1. The number of halogens is 1. The Bertz CT molecular complexity index is 1300. The Morgan fingerprint density at radius 3 is 1.89 bits per heavy atom. The lowest BCUT2D eigenvalue weighted by Crippen LogP contribution is -2.43. The van der Waals surface area contributed by atoms with Gasteiger partial charge in [-0.25, -0.2) is 0 Å². The van der Waals surface area contributed by atoms with Crippen molar-refractivity contribution in [3.05, 3.63) is 131 Å². The standard InChI is InChI=1S/C29H24ClN3O2/c30-26-17-15-25(16-18-26)29(35)31-20-28(34)33-32-27(19-21-7-3-1-4-8-21)24-13-11-23(12-14-24)22-9-5-2-6-10-22/h1-19,32H,20H2,(H,31,35)(H,33,34). The van der Waals surface area contributed by atoms with Gasteiger partial charge in [0.15, 0.2) is 0 Å². The van der Waals surface area contributed by atoms with Crippen molar-refractivity contribution in [1.82, 2.24) is 16.2 Å². The molecule has 5 nitrogen and oxygen atoms in total. The molecule has 0 aliphatic heterocycles. The molecule has 0 bridgehead atoms. The first-order chi connectivity index (χ1) is 17.1. The van der Waals surface area contributed by atoms with Gasteiger partial charge in [-0.15, -0.1) is 0 Å². The molecule has 4 rings (SSSR count). The Labute approximate surface area is 209 Å². The van der Waals surface area contributed by atoms with Crippen molar-refractivity contribution in [2.45, 2.75) is 0 Å².